The van der Waals surface area contributed by atoms with Crippen LogP contribution in [0.2, 0.25) is 0 Å². The van der Waals surface area contributed by atoms with Gasteiger partial charge in [0.15, 0.2) is 11.5 Å². The SMILES string of the molecule is O=C(CCCBr)NCC#CCOc1ccc2c(c1)OCO2. The highest BCUT2D eigenvalue weighted by atomic mass is 79.9. The van der Waals surface area contributed by atoms with Crippen LogP contribution < -0.4 is 19.5 Å². The maximum Gasteiger partial charge on any atom is 0.231 e. The molecule has 0 spiro atoms. The van der Waals surface area contributed by atoms with Crippen LogP contribution in [0, 0.1) is 11.8 Å². The molecule has 0 aliphatic carbocycles. The minimum atomic E-state index is 0.0143. The molecular weight excluding hydrogens is 338 g/mol. The van der Waals surface area contributed by atoms with E-state index in [1.54, 1.807) is 18.2 Å². The molecule has 0 saturated carbocycles. The Balaban J connectivity index is 1.66. The molecule has 0 fully saturated rings. The Morgan fingerprint density at radius 2 is 2.19 bits per heavy atom. The van der Waals surface area contributed by atoms with Crippen molar-refractivity contribution in [3.05, 3.63) is 18.2 Å². The topological polar surface area (TPSA) is 56.8 Å². The number of halogens is 1. The van der Waals surface area contributed by atoms with E-state index >= 15 is 0 Å². The molecule has 2 rings (SSSR count). The molecular formula is C15H16BrNO4. The number of carbonyl (C=O) groups is 1. The van der Waals surface area contributed by atoms with Gasteiger partial charge in [-0.3, -0.25) is 4.79 Å². The number of hydrogen-bond donors (Lipinski definition) is 1. The van der Waals surface area contributed by atoms with Gasteiger partial charge in [-0.2, -0.15) is 0 Å². The predicted octanol–water partition coefficient (Wildman–Crippen LogP) is 2.09. The summed E-state index contributed by atoms with van der Waals surface area (Å²) in [5, 5.41) is 3.55. The summed E-state index contributed by atoms with van der Waals surface area (Å²) in [6.45, 7) is 0.843. The van der Waals surface area contributed by atoms with Gasteiger partial charge in [0.2, 0.25) is 12.7 Å². The van der Waals surface area contributed by atoms with Crippen LogP contribution in [-0.2, 0) is 4.79 Å². The molecule has 1 amide bonds. The van der Waals surface area contributed by atoms with Crippen molar-refractivity contribution < 1.29 is 19.0 Å². The third kappa shape index (κ3) is 5.20. The van der Waals surface area contributed by atoms with Crippen molar-refractivity contribution in [2.24, 2.45) is 0 Å². The monoisotopic (exact) mass is 353 g/mol. The fourth-order valence-corrected chi connectivity index (χ4v) is 1.94. The van der Waals surface area contributed by atoms with Crippen LogP contribution >= 0.6 is 15.9 Å². The van der Waals surface area contributed by atoms with Gasteiger partial charge in [0.05, 0.1) is 6.54 Å². The third-order valence-electron chi connectivity index (χ3n) is 2.69. The summed E-state index contributed by atoms with van der Waals surface area (Å²) >= 11 is 3.28. The van der Waals surface area contributed by atoms with Gasteiger partial charge in [-0.05, 0) is 18.6 Å². The van der Waals surface area contributed by atoms with Crippen LogP contribution in [0.25, 0.3) is 0 Å². The average molecular weight is 354 g/mol. The normalized spacial score (nSPS) is 11.5. The van der Waals surface area contributed by atoms with E-state index in [4.69, 9.17) is 14.2 Å². The van der Waals surface area contributed by atoms with E-state index in [1.165, 1.54) is 0 Å². The molecule has 21 heavy (non-hydrogen) atoms. The quantitative estimate of drug-likeness (QED) is 0.628. The first-order valence-corrected chi connectivity index (χ1v) is 7.72. The zero-order chi connectivity index (χ0) is 14.9. The predicted molar refractivity (Wildman–Crippen MR) is 81.9 cm³/mol. The number of amides is 1. The first kappa shape index (κ1) is 15.5. The summed E-state index contributed by atoms with van der Waals surface area (Å²) in [4.78, 5) is 11.3. The molecule has 1 aromatic carbocycles. The third-order valence-corrected chi connectivity index (χ3v) is 3.25. The van der Waals surface area contributed by atoms with Crippen molar-refractivity contribution in [2.45, 2.75) is 12.8 Å². The van der Waals surface area contributed by atoms with Crippen LogP contribution in [0.5, 0.6) is 17.2 Å². The summed E-state index contributed by atoms with van der Waals surface area (Å²) in [6, 6.07) is 5.37. The zero-order valence-electron chi connectivity index (χ0n) is 11.5. The lowest BCUT2D eigenvalue weighted by molar-refractivity contribution is -0.120. The molecule has 0 atom stereocenters. The number of hydrogen-bond acceptors (Lipinski definition) is 4. The van der Waals surface area contributed by atoms with Gasteiger partial charge < -0.3 is 19.5 Å². The fraction of sp³-hybridized carbons (Fsp3) is 0.400. The van der Waals surface area contributed by atoms with E-state index in [0.717, 1.165) is 17.5 Å². The first-order chi connectivity index (χ1) is 10.3. The largest absolute Gasteiger partial charge is 0.481 e. The molecule has 0 saturated heterocycles. The van der Waals surface area contributed by atoms with E-state index in [9.17, 15) is 4.79 Å². The Kier molecular flexibility index (Phi) is 6.22. The molecule has 1 N–H and O–H groups in total. The number of ether oxygens (including phenoxy) is 3. The zero-order valence-corrected chi connectivity index (χ0v) is 13.1. The van der Waals surface area contributed by atoms with E-state index in [-0.39, 0.29) is 19.3 Å². The van der Waals surface area contributed by atoms with Gasteiger partial charge in [0.1, 0.15) is 12.4 Å². The summed E-state index contributed by atoms with van der Waals surface area (Å²) in [5.41, 5.74) is 0. The van der Waals surface area contributed by atoms with Gasteiger partial charge >= 0.3 is 0 Å². The van der Waals surface area contributed by atoms with E-state index in [1.807, 2.05) is 0 Å². The number of fused-ring (bicyclic) bond motifs is 1. The van der Waals surface area contributed by atoms with Gasteiger partial charge in [-0.15, -0.1) is 0 Å². The molecule has 112 valence electrons. The Hall–Kier alpha value is -1.87. The van der Waals surface area contributed by atoms with Crippen LogP contribution in [-0.4, -0.2) is 31.2 Å². The Morgan fingerprint density at radius 3 is 3.05 bits per heavy atom. The molecule has 0 unspecified atom stereocenters. The van der Waals surface area contributed by atoms with Gasteiger partial charge in [-0.25, -0.2) is 0 Å². The van der Waals surface area contributed by atoms with E-state index in [2.05, 4.69) is 33.1 Å². The molecule has 0 aromatic heterocycles. The van der Waals surface area contributed by atoms with Crippen molar-refractivity contribution in [1.29, 1.82) is 0 Å². The smallest absolute Gasteiger partial charge is 0.231 e. The van der Waals surface area contributed by atoms with Crippen LogP contribution in [0.15, 0.2) is 18.2 Å². The summed E-state index contributed by atoms with van der Waals surface area (Å²) in [5.74, 6) is 7.78. The van der Waals surface area contributed by atoms with E-state index in [0.29, 0.717) is 24.5 Å². The fourth-order valence-electron chi connectivity index (χ4n) is 1.66. The standard InChI is InChI=1S/C15H16BrNO4/c16-7-3-4-15(18)17-8-1-2-9-19-12-5-6-13-14(10-12)21-11-20-13/h5-6,10H,3-4,7-9,11H2,(H,17,18). The Bertz CT molecular complexity index is 550. The lowest BCUT2D eigenvalue weighted by atomic mass is 10.3. The number of carbonyl (C=O) groups excluding carboxylic acids is 1. The molecule has 0 bridgehead atoms. The van der Waals surface area contributed by atoms with Gasteiger partial charge in [0, 0.05) is 17.8 Å². The minimum absolute atomic E-state index is 0.0143. The average Bonchev–Trinajstić information content (AvgIpc) is 2.96. The summed E-state index contributed by atoms with van der Waals surface area (Å²) in [6.07, 6.45) is 1.34. The van der Waals surface area contributed by atoms with Gasteiger partial charge in [0.25, 0.3) is 0 Å². The Morgan fingerprint density at radius 1 is 1.33 bits per heavy atom. The van der Waals surface area contributed by atoms with Gasteiger partial charge in [-0.1, -0.05) is 27.8 Å². The summed E-state index contributed by atoms with van der Waals surface area (Å²) in [7, 11) is 0. The van der Waals surface area contributed by atoms with E-state index < -0.39 is 0 Å². The molecule has 5 nitrogen and oxygen atoms in total. The molecule has 1 aliphatic rings. The maximum absolute atomic E-state index is 11.3. The van der Waals surface area contributed by atoms with Crippen molar-refractivity contribution in [1.82, 2.24) is 5.32 Å². The second-order valence-corrected chi connectivity index (χ2v) is 5.02. The van der Waals surface area contributed by atoms with Crippen molar-refractivity contribution in [3.63, 3.8) is 0 Å². The molecule has 1 heterocycles. The van der Waals surface area contributed by atoms with Crippen LogP contribution in [0.1, 0.15) is 12.8 Å². The summed E-state index contributed by atoms with van der Waals surface area (Å²) < 4.78 is 15.9. The Labute approximate surface area is 132 Å². The lowest BCUT2D eigenvalue weighted by Crippen LogP contribution is -2.23. The highest BCUT2D eigenvalue weighted by Crippen LogP contribution is 2.34. The first-order valence-electron chi connectivity index (χ1n) is 6.60. The highest BCUT2D eigenvalue weighted by Gasteiger charge is 2.13. The van der Waals surface area contributed by atoms with Crippen molar-refractivity contribution in [3.8, 4) is 29.1 Å². The molecule has 1 aliphatic heterocycles. The second kappa shape index (κ2) is 8.42. The number of alkyl halides is 1. The lowest BCUT2D eigenvalue weighted by Gasteiger charge is -2.03. The van der Waals surface area contributed by atoms with Crippen molar-refractivity contribution >= 4 is 21.8 Å². The number of nitrogens with one attached hydrogen (secondary N) is 1. The minimum Gasteiger partial charge on any atom is -0.481 e. The molecule has 6 heteroatoms. The highest BCUT2D eigenvalue weighted by molar-refractivity contribution is 9.09. The van der Waals surface area contributed by atoms with Crippen LogP contribution in [0.4, 0.5) is 0 Å². The number of rotatable bonds is 6. The molecule has 1 aromatic rings. The second-order valence-electron chi connectivity index (χ2n) is 4.23. The number of benzene rings is 1. The van der Waals surface area contributed by atoms with Crippen LogP contribution in [0.3, 0.4) is 0 Å². The maximum atomic E-state index is 11.3. The molecule has 0 radical (unpaired) electrons. The van der Waals surface area contributed by atoms with Crippen molar-refractivity contribution in [2.75, 3.05) is 25.3 Å².